The molecule has 0 aromatic carbocycles. The summed E-state index contributed by atoms with van der Waals surface area (Å²) in [5.41, 5.74) is 1.27. The van der Waals surface area contributed by atoms with E-state index in [1.54, 1.807) is 15.9 Å². The van der Waals surface area contributed by atoms with Gasteiger partial charge >= 0.3 is 10.7 Å². The second-order valence-corrected chi connectivity index (χ2v) is 1.97. The fourth-order valence-electron chi connectivity index (χ4n) is 0.0818. The molecule has 3 nitrogen and oxygen atoms in total. The number of nitrogens with one attached hydrogen (secondary N) is 1. The summed E-state index contributed by atoms with van der Waals surface area (Å²) >= 11 is 1.78. The van der Waals surface area contributed by atoms with Gasteiger partial charge in [-0.05, 0) is 0 Å². The molecular formula is C2H3BrF2N2O. The highest BCUT2D eigenvalue weighted by atomic mass is 79.9. The molecule has 0 heterocycles. The van der Waals surface area contributed by atoms with E-state index in [1.807, 2.05) is 0 Å². The summed E-state index contributed by atoms with van der Waals surface area (Å²) < 4.78 is 23.1. The van der Waals surface area contributed by atoms with E-state index in [-0.39, 0.29) is 0 Å². The number of alkyl halides is 3. The Kier molecular flexibility index (Phi) is 2.29. The van der Waals surface area contributed by atoms with Crippen LogP contribution in [0.4, 0.5) is 8.78 Å². The summed E-state index contributed by atoms with van der Waals surface area (Å²) in [6.45, 7) is 0. The van der Waals surface area contributed by atoms with Crippen LogP contribution in [0, 0.1) is 0 Å². The van der Waals surface area contributed by atoms with Crippen LogP contribution in [0.3, 0.4) is 0 Å². The third kappa shape index (κ3) is 2.17. The van der Waals surface area contributed by atoms with Crippen molar-refractivity contribution >= 4 is 21.8 Å². The Labute approximate surface area is 52.3 Å². The number of hydrazine groups is 1. The summed E-state index contributed by atoms with van der Waals surface area (Å²) in [6, 6.07) is 0. The summed E-state index contributed by atoms with van der Waals surface area (Å²) in [6.07, 6.45) is 0. The number of nitrogens with two attached hydrogens (primary N) is 1. The molecule has 0 bridgehead atoms. The second kappa shape index (κ2) is 2.36. The predicted molar refractivity (Wildman–Crippen MR) is 26.2 cm³/mol. The van der Waals surface area contributed by atoms with E-state index in [1.165, 1.54) is 5.43 Å². The Morgan fingerprint density at radius 3 is 2.12 bits per heavy atom. The topological polar surface area (TPSA) is 55.1 Å². The lowest BCUT2D eigenvalue weighted by molar-refractivity contribution is -0.134. The van der Waals surface area contributed by atoms with Crippen molar-refractivity contribution in [2.45, 2.75) is 4.83 Å². The molecule has 0 aromatic rings. The normalized spacial score (nSPS) is 11.0. The van der Waals surface area contributed by atoms with Crippen molar-refractivity contribution in [1.29, 1.82) is 0 Å². The van der Waals surface area contributed by atoms with Crippen molar-refractivity contribution < 1.29 is 13.6 Å². The zero-order valence-electron chi connectivity index (χ0n) is 3.62. The maximum Gasteiger partial charge on any atom is 0.379 e. The van der Waals surface area contributed by atoms with E-state index < -0.39 is 10.7 Å². The first-order valence-corrected chi connectivity index (χ1v) is 2.35. The highest BCUT2D eigenvalue weighted by Crippen LogP contribution is 2.20. The van der Waals surface area contributed by atoms with Gasteiger partial charge < -0.3 is 0 Å². The monoisotopic (exact) mass is 188 g/mol. The number of hydrogen-bond donors (Lipinski definition) is 2. The van der Waals surface area contributed by atoms with Crippen molar-refractivity contribution in [3.8, 4) is 0 Å². The quantitative estimate of drug-likeness (QED) is 0.263. The van der Waals surface area contributed by atoms with E-state index >= 15 is 0 Å². The van der Waals surface area contributed by atoms with Gasteiger partial charge in [0.15, 0.2) is 0 Å². The molecule has 1 amide bonds. The lowest BCUT2D eigenvalue weighted by atomic mass is 10.7. The number of hydrogen-bond acceptors (Lipinski definition) is 2. The fraction of sp³-hybridized carbons (Fsp3) is 0.500. The van der Waals surface area contributed by atoms with Crippen molar-refractivity contribution in [1.82, 2.24) is 5.43 Å². The van der Waals surface area contributed by atoms with E-state index in [0.717, 1.165) is 0 Å². The molecule has 0 spiro atoms. The molecule has 0 saturated carbocycles. The van der Waals surface area contributed by atoms with Gasteiger partial charge in [0.1, 0.15) is 0 Å². The molecule has 0 aliphatic carbocycles. The molecule has 3 N–H and O–H groups in total. The molecule has 48 valence electrons. The van der Waals surface area contributed by atoms with Crippen LogP contribution in [0.15, 0.2) is 0 Å². The molecular weight excluding hydrogens is 186 g/mol. The van der Waals surface area contributed by atoms with E-state index in [2.05, 4.69) is 5.84 Å². The number of halogens is 3. The zero-order chi connectivity index (χ0) is 6.78. The molecule has 0 aliphatic heterocycles. The molecule has 0 rings (SSSR count). The Balaban J connectivity index is 3.82. The zero-order valence-corrected chi connectivity index (χ0v) is 5.21. The van der Waals surface area contributed by atoms with Gasteiger partial charge in [-0.3, -0.25) is 10.2 Å². The molecule has 0 atom stereocenters. The first kappa shape index (κ1) is 7.77. The van der Waals surface area contributed by atoms with Gasteiger partial charge in [0.05, 0.1) is 0 Å². The van der Waals surface area contributed by atoms with Crippen LogP contribution in [0.25, 0.3) is 0 Å². The van der Waals surface area contributed by atoms with E-state index in [0.29, 0.717) is 0 Å². The van der Waals surface area contributed by atoms with Gasteiger partial charge in [-0.25, -0.2) is 5.84 Å². The minimum Gasteiger partial charge on any atom is -0.288 e. The summed E-state index contributed by atoms with van der Waals surface area (Å²) in [5, 5.41) is 0. The largest absolute Gasteiger partial charge is 0.379 e. The Morgan fingerprint density at radius 2 is 2.12 bits per heavy atom. The Hall–Kier alpha value is -0.230. The van der Waals surface area contributed by atoms with Gasteiger partial charge in [0.25, 0.3) is 0 Å². The maximum absolute atomic E-state index is 11.5. The number of rotatable bonds is 1. The molecule has 0 unspecified atom stereocenters. The van der Waals surface area contributed by atoms with Crippen LogP contribution in [-0.4, -0.2) is 10.7 Å². The van der Waals surface area contributed by atoms with E-state index in [9.17, 15) is 13.6 Å². The van der Waals surface area contributed by atoms with Gasteiger partial charge in [-0.1, -0.05) is 0 Å². The highest BCUT2D eigenvalue weighted by molar-refractivity contribution is 9.10. The standard InChI is InChI=1S/C2H3BrF2N2O/c3-2(4,5)1(8)7-6/h6H2,(H,7,8). The third-order valence-corrected chi connectivity index (χ3v) is 0.749. The predicted octanol–water partition coefficient (Wildman–Crippen LogP) is -0.0360. The summed E-state index contributed by atoms with van der Waals surface area (Å²) in [4.78, 5) is 6.25. The van der Waals surface area contributed by atoms with Crippen LogP contribution < -0.4 is 11.3 Å². The van der Waals surface area contributed by atoms with Crippen molar-refractivity contribution in [2.24, 2.45) is 5.84 Å². The van der Waals surface area contributed by atoms with Gasteiger partial charge in [-0.15, -0.1) is 0 Å². The molecule has 0 aliphatic rings. The average Bonchev–Trinajstić information content (AvgIpc) is 1.62. The van der Waals surface area contributed by atoms with Crippen LogP contribution in [0.2, 0.25) is 0 Å². The van der Waals surface area contributed by atoms with Gasteiger partial charge in [0.2, 0.25) is 0 Å². The van der Waals surface area contributed by atoms with Crippen LogP contribution in [-0.2, 0) is 4.79 Å². The van der Waals surface area contributed by atoms with Crippen LogP contribution in [0.5, 0.6) is 0 Å². The fourth-order valence-corrected chi connectivity index (χ4v) is 0.196. The molecule has 6 heteroatoms. The first-order valence-electron chi connectivity index (χ1n) is 1.56. The Bertz CT molecular complexity index is 101. The molecule has 0 radical (unpaired) electrons. The van der Waals surface area contributed by atoms with Crippen molar-refractivity contribution in [2.75, 3.05) is 0 Å². The van der Waals surface area contributed by atoms with Crippen LogP contribution in [0.1, 0.15) is 0 Å². The first-order chi connectivity index (χ1) is 3.48. The number of amides is 1. The molecule has 0 aromatic heterocycles. The van der Waals surface area contributed by atoms with Gasteiger partial charge in [-0.2, -0.15) is 8.78 Å². The molecule has 0 fully saturated rings. The van der Waals surface area contributed by atoms with Crippen molar-refractivity contribution in [3.05, 3.63) is 0 Å². The third-order valence-electron chi connectivity index (χ3n) is 0.389. The molecule has 8 heavy (non-hydrogen) atoms. The molecule has 0 saturated heterocycles. The minimum absolute atomic E-state index is 1.27. The number of carbonyl (C=O) groups excluding carboxylic acids is 1. The van der Waals surface area contributed by atoms with E-state index in [4.69, 9.17) is 0 Å². The summed E-state index contributed by atoms with van der Waals surface area (Å²) in [7, 11) is 0. The minimum atomic E-state index is -3.55. The smallest absolute Gasteiger partial charge is 0.288 e. The second-order valence-electron chi connectivity index (χ2n) is 0.971. The Morgan fingerprint density at radius 1 is 1.75 bits per heavy atom. The lowest BCUT2D eigenvalue weighted by Gasteiger charge is -2.03. The maximum atomic E-state index is 11.5. The highest BCUT2D eigenvalue weighted by Gasteiger charge is 2.33. The summed E-state index contributed by atoms with van der Waals surface area (Å²) in [5.74, 6) is 2.79. The van der Waals surface area contributed by atoms with Crippen LogP contribution >= 0.6 is 15.9 Å². The van der Waals surface area contributed by atoms with Gasteiger partial charge in [0, 0.05) is 15.9 Å². The number of carbonyl (C=O) groups is 1. The average molecular weight is 189 g/mol. The lowest BCUT2D eigenvalue weighted by Crippen LogP contribution is -2.39. The SMILES string of the molecule is NNC(=O)C(F)(F)Br. The van der Waals surface area contributed by atoms with Crippen molar-refractivity contribution in [3.63, 3.8) is 0 Å².